The highest BCUT2D eigenvalue weighted by Gasteiger charge is 2.32. The molecule has 1 aliphatic heterocycles. The smallest absolute Gasteiger partial charge is 0.268 e. The summed E-state index contributed by atoms with van der Waals surface area (Å²) in [4.78, 5) is 0.129. The molecule has 0 bridgehead atoms. The first-order valence-corrected chi connectivity index (χ1v) is 11.8. The minimum absolute atomic E-state index is 0.129. The second kappa shape index (κ2) is 7.74. The molecular formula is C21H22BrFN2O3S. The number of nitrogens with zero attached hydrogens (tertiary/aromatic N) is 1. The summed E-state index contributed by atoms with van der Waals surface area (Å²) in [6.07, 6.45) is 4.06. The number of hydrogen-bond donors (Lipinski definition) is 1. The van der Waals surface area contributed by atoms with Gasteiger partial charge in [0, 0.05) is 22.1 Å². The van der Waals surface area contributed by atoms with E-state index in [0.29, 0.717) is 21.1 Å². The van der Waals surface area contributed by atoms with Gasteiger partial charge in [0.2, 0.25) is 0 Å². The summed E-state index contributed by atoms with van der Waals surface area (Å²) in [5.41, 5.74) is 0.127. The third kappa shape index (κ3) is 3.81. The first-order chi connectivity index (χ1) is 13.8. The van der Waals surface area contributed by atoms with Crippen molar-refractivity contribution in [2.45, 2.75) is 36.7 Å². The maximum absolute atomic E-state index is 13.6. The van der Waals surface area contributed by atoms with E-state index in [2.05, 4.69) is 28.2 Å². The van der Waals surface area contributed by atoms with Crippen LogP contribution in [-0.2, 0) is 10.0 Å². The van der Waals surface area contributed by atoms with Crippen LogP contribution in [0.5, 0.6) is 5.75 Å². The largest absolute Gasteiger partial charge is 0.487 e. The van der Waals surface area contributed by atoms with Crippen molar-refractivity contribution in [3.8, 4) is 5.75 Å². The second-order valence-electron chi connectivity index (χ2n) is 7.30. The number of rotatable bonds is 5. The van der Waals surface area contributed by atoms with Gasteiger partial charge in [-0.25, -0.2) is 16.8 Å². The van der Waals surface area contributed by atoms with E-state index in [9.17, 15) is 12.8 Å². The molecule has 29 heavy (non-hydrogen) atoms. The summed E-state index contributed by atoms with van der Waals surface area (Å²) in [7, 11) is -3.88. The summed E-state index contributed by atoms with van der Waals surface area (Å²) < 4.78 is 48.2. The van der Waals surface area contributed by atoms with Crippen LogP contribution in [0.25, 0.3) is 10.9 Å². The zero-order valence-corrected chi connectivity index (χ0v) is 18.4. The minimum atomic E-state index is -3.88. The topological polar surface area (TPSA) is 60.3 Å². The van der Waals surface area contributed by atoms with Gasteiger partial charge < -0.3 is 10.1 Å². The van der Waals surface area contributed by atoms with Gasteiger partial charge in [0.05, 0.1) is 10.4 Å². The van der Waals surface area contributed by atoms with Gasteiger partial charge in [0.15, 0.2) is 0 Å². The van der Waals surface area contributed by atoms with Crippen LogP contribution < -0.4 is 10.1 Å². The van der Waals surface area contributed by atoms with Crippen LogP contribution in [0.3, 0.4) is 0 Å². The molecule has 1 fully saturated rings. The predicted molar refractivity (Wildman–Crippen MR) is 114 cm³/mol. The third-order valence-corrected chi connectivity index (χ3v) is 7.84. The fraction of sp³-hybridized carbons (Fsp3) is 0.333. The van der Waals surface area contributed by atoms with Crippen molar-refractivity contribution in [2.75, 3.05) is 13.1 Å². The average molecular weight is 481 g/mol. The van der Waals surface area contributed by atoms with Crippen molar-refractivity contribution in [3.05, 3.63) is 59.0 Å². The molecule has 5 nitrogen and oxygen atoms in total. The highest BCUT2D eigenvalue weighted by atomic mass is 79.9. The third-order valence-electron chi connectivity index (χ3n) is 5.54. The van der Waals surface area contributed by atoms with E-state index in [1.807, 2.05) is 0 Å². The summed E-state index contributed by atoms with van der Waals surface area (Å²) in [6.45, 7) is 3.85. The summed E-state index contributed by atoms with van der Waals surface area (Å²) in [5.74, 6) is 0.118. The lowest BCUT2D eigenvalue weighted by Gasteiger charge is -2.37. The van der Waals surface area contributed by atoms with Crippen molar-refractivity contribution >= 4 is 36.9 Å². The fourth-order valence-corrected chi connectivity index (χ4v) is 5.87. The Morgan fingerprint density at radius 2 is 1.97 bits per heavy atom. The molecule has 0 saturated carbocycles. The molecule has 1 aliphatic rings. The molecule has 8 heteroatoms. The Hall–Kier alpha value is -1.90. The standard InChI is InChI=1S/C21H22BrFN2O3S/c1-2-21(8-10-24-11-9-21)28-16-4-3-5-17(13-16)29(26,27)25-14-19(22)18-12-15(23)6-7-20(18)25/h3-7,12-14,24H,2,8-11H2,1H3. The fourth-order valence-electron chi connectivity index (χ4n) is 3.80. The molecule has 0 radical (unpaired) electrons. The summed E-state index contributed by atoms with van der Waals surface area (Å²) >= 11 is 3.33. The molecule has 2 heterocycles. The molecule has 1 N–H and O–H groups in total. The van der Waals surface area contributed by atoms with E-state index >= 15 is 0 Å². The number of halogens is 2. The van der Waals surface area contributed by atoms with E-state index in [4.69, 9.17) is 4.74 Å². The molecule has 0 unspecified atom stereocenters. The van der Waals surface area contributed by atoms with Crippen molar-refractivity contribution in [1.29, 1.82) is 0 Å². The Morgan fingerprint density at radius 1 is 1.21 bits per heavy atom. The number of nitrogens with one attached hydrogen (secondary N) is 1. The Balaban J connectivity index is 1.73. The highest BCUT2D eigenvalue weighted by Crippen LogP contribution is 2.33. The average Bonchev–Trinajstić information content (AvgIpc) is 3.05. The quantitative estimate of drug-likeness (QED) is 0.575. The number of aromatic nitrogens is 1. The van der Waals surface area contributed by atoms with Crippen LogP contribution in [0.4, 0.5) is 4.39 Å². The Labute approximate surface area is 178 Å². The van der Waals surface area contributed by atoms with Crippen molar-refractivity contribution in [1.82, 2.24) is 9.29 Å². The molecular weight excluding hydrogens is 459 g/mol. The van der Waals surface area contributed by atoms with E-state index in [0.717, 1.165) is 32.4 Å². The first-order valence-electron chi connectivity index (χ1n) is 9.56. The zero-order chi connectivity index (χ0) is 20.6. The number of ether oxygens (including phenoxy) is 1. The molecule has 0 aliphatic carbocycles. The predicted octanol–water partition coefficient (Wildman–Crippen LogP) is 4.69. The second-order valence-corrected chi connectivity index (χ2v) is 9.97. The van der Waals surface area contributed by atoms with E-state index in [-0.39, 0.29) is 10.5 Å². The van der Waals surface area contributed by atoms with Crippen LogP contribution >= 0.6 is 15.9 Å². The van der Waals surface area contributed by atoms with Gasteiger partial charge in [0.25, 0.3) is 10.0 Å². The van der Waals surface area contributed by atoms with Crippen molar-refractivity contribution in [3.63, 3.8) is 0 Å². The molecule has 0 amide bonds. The normalized spacial score (nSPS) is 16.8. The summed E-state index contributed by atoms with van der Waals surface area (Å²) in [6, 6.07) is 10.6. The van der Waals surface area contributed by atoms with Gasteiger partial charge in [-0.05, 0) is 78.6 Å². The molecule has 1 saturated heterocycles. The number of benzene rings is 2. The first kappa shape index (κ1) is 20.4. The number of fused-ring (bicyclic) bond motifs is 1. The Bertz CT molecular complexity index is 1150. The van der Waals surface area contributed by atoms with E-state index < -0.39 is 15.8 Å². The van der Waals surface area contributed by atoms with Crippen LogP contribution in [0.2, 0.25) is 0 Å². The number of piperidine rings is 1. The summed E-state index contributed by atoms with van der Waals surface area (Å²) in [5, 5.41) is 3.83. The van der Waals surface area contributed by atoms with Crippen LogP contribution in [-0.4, -0.2) is 31.1 Å². The molecule has 4 rings (SSSR count). The van der Waals surface area contributed by atoms with Gasteiger partial charge >= 0.3 is 0 Å². The maximum atomic E-state index is 13.6. The molecule has 0 atom stereocenters. The molecule has 154 valence electrons. The lowest BCUT2D eigenvalue weighted by molar-refractivity contribution is 0.0329. The zero-order valence-electron chi connectivity index (χ0n) is 16.0. The number of hydrogen-bond acceptors (Lipinski definition) is 4. The van der Waals surface area contributed by atoms with Gasteiger partial charge in [-0.15, -0.1) is 0 Å². The van der Waals surface area contributed by atoms with Gasteiger partial charge in [-0.2, -0.15) is 0 Å². The molecule has 3 aromatic rings. The Kier molecular flexibility index (Phi) is 5.44. The van der Waals surface area contributed by atoms with Crippen molar-refractivity contribution in [2.24, 2.45) is 0 Å². The Morgan fingerprint density at radius 3 is 2.69 bits per heavy atom. The molecule has 0 spiro atoms. The lowest BCUT2D eigenvalue weighted by Crippen LogP contribution is -2.45. The van der Waals surface area contributed by atoms with Gasteiger partial charge in [-0.3, -0.25) is 0 Å². The van der Waals surface area contributed by atoms with E-state index in [1.165, 1.54) is 28.4 Å². The van der Waals surface area contributed by atoms with Crippen LogP contribution in [0.15, 0.2) is 58.0 Å². The lowest BCUT2D eigenvalue weighted by atomic mass is 9.89. The minimum Gasteiger partial charge on any atom is -0.487 e. The molecule has 2 aromatic carbocycles. The van der Waals surface area contributed by atoms with E-state index in [1.54, 1.807) is 24.3 Å². The highest BCUT2D eigenvalue weighted by molar-refractivity contribution is 9.10. The maximum Gasteiger partial charge on any atom is 0.268 e. The SMILES string of the molecule is CCC1(Oc2cccc(S(=O)(=O)n3cc(Br)c4cc(F)ccc43)c2)CCNCC1. The van der Waals surface area contributed by atoms with Crippen LogP contribution in [0, 0.1) is 5.82 Å². The molecule has 1 aromatic heterocycles. The van der Waals surface area contributed by atoms with Gasteiger partial charge in [0.1, 0.15) is 17.2 Å². The van der Waals surface area contributed by atoms with Crippen molar-refractivity contribution < 1.29 is 17.5 Å². The van der Waals surface area contributed by atoms with Gasteiger partial charge in [-0.1, -0.05) is 13.0 Å². The van der Waals surface area contributed by atoms with Crippen LogP contribution in [0.1, 0.15) is 26.2 Å². The monoisotopic (exact) mass is 480 g/mol.